The Balaban J connectivity index is 0.000000192. The molecule has 1 atom stereocenters. The number of hydrogen-bond acceptors (Lipinski definition) is 2. The Bertz CT molecular complexity index is 922. The molecule has 148 valence electrons. The molecule has 1 aliphatic carbocycles. The van der Waals surface area contributed by atoms with Crippen LogP contribution in [0.5, 0.6) is 0 Å². The molecule has 4 heteroatoms. The molecule has 1 amide bonds. The van der Waals surface area contributed by atoms with Crippen LogP contribution in [0.4, 0.5) is 0 Å². The average molecular weight is 378 g/mol. The number of aryl methyl sites for hydroxylation is 2. The minimum atomic E-state index is 0.401. The zero-order chi connectivity index (χ0) is 20.1. The van der Waals surface area contributed by atoms with Gasteiger partial charge in [0, 0.05) is 17.9 Å². The molecule has 0 radical (unpaired) electrons. The van der Waals surface area contributed by atoms with Crippen LogP contribution in [0.25, 0.3) is 11.0 Å². The number of hydrogen-bond donors (Lipinski definition) is 2. The molecule has 2 N–H and O–H groups in total. The van der Waals surface area contributed by atoms with Gasteiger partial charge in [-0.3, -0.25) is 9.78 Å². The predicted molar refractivity (Wildman–Crippen MR) is 115 cm³/mol. The van der Waals surface area contributed by atoms with Crippen molar-refractivity contribution >= 4 is 17.4 Å². The van der Waals surface area contributed by atoms with Gasteiger partial charge in [0.15, 0.2) is 0 Å². The minimum absolute atomic E-state index is 0.401. The van der Waals surface area contributed by atoms with Crippen molar-refractivity contribution in [1.82, 2.24) is 15.3 Å². The summed E-state index contributed by atoms with van der Waals surface area (Å²) in [6.07, 6.45) is 4.29. The highest BCUT2D eigenvalue weighted by molar-refractivity contribution is 5.77. The maximum absolute atomic E-state index is 9.87. The number of aromatic nitrogens is 2. The van der Waals surface area contributed by atoms with Gasteiger partial charge in [0.05, 0.1) is 11.0 Å². The number of aromatic amines is 1. The summed E-state index contributed by atoms with van der Waals surface area (Å²) < 4.78 is 0. The molecular weight excluding hydrogens is 346 g/mol. The molecule has 28 heavy (non-hydrogen) atoms. The van der Waals surface area contributed by atoms with E-state index in [2.05, 4.69) is 50.1 Å². The number of benzene rings is 1. The van der Waals surface area contributed by atoms with Gasteiger partial charge < -0.3 is 10.3 Å². The third kappa shape index (κ3) is 5.00. The largest absolute Gasteiger partial charge is 0.357 e. The van der Waals surface area contributed by atoms with E-state index in [4.69, 9.17) is 4.98 Å². The third-order valence-electron chi connectivity index (χ3n) is 5.56. The summed E-state index contributed by atoms with van der Waals surface area (Å²) in [6.45, 7) is 9.77. The van der Waals surface area contributed by atoms with Crippen LogP contribution in [0, 0.1) is 18.3 Å². The van der Waals surface area contributed by atoms with Gasteiger partial charge in [-0.05, 0) is 60.8 Å². The second-order valence-corrected chi connectivity index (χ2v) is 8.77. The van der Waals surface area contributed by atoms with E-state index in [9.17, 15) is 4.79 Å². The lowest BCUT2D eigenvalue weighted by Crippen LogP contribution is -2.27. The fourth-order valence-electron chi connectivity index (χ4n) is 3.84. The summed E-state index contributed by atoms with van der Waals surface area (Å²) in [5.74, 6) is 0.778. The van der Waals surface area contributed by atoms with Gasteiger partial charge in [-0.15, -0.1) is 0 Å². The molecule has 2 aromatic heterocycles. The van der Waals surface area contributed by atoms with Crippen molar-refractivity contribution in [3.63, 3.8) is 0 Å². The molecule has 0 saturated heterocycles. The molecule has 0 bridgehead atoms. The molecule has 0 spiro atoms. The molecule has 3 aromatic rings. The van der Waals surface area contributed by atoms with Gasteiger partial charge >= 0.3 is 0 Å². The minimum Gasteiger partial charge on any atom is -0.357 e. The summed E-state index contributed by atoms with van der Waals surface area (Å²) in [5.41, 5.74) is 7.82. The first-order valence-electron chi connectivity index (χ1n) is 10.1. The summed E-state index contributed by atoms with van der Waals surface area (Å²) in [4.78, 5) is 18.1. The number of nitrogens with zero attached hydrogens (tertiary/aromatic N) is 1. The van der Waals surface area contributed by atoms with Crippen LogP contribution in [0.1, 0.15) is 49.7 Å². The second kappa shape index (κ2) is 8.59. The van der Waals surface area contributed by atoms with Crippen molar-refractivity contribution in [1.29, 1.82) is 0 Å². The second-order valence-electron chi connectivity index (χ2n) is 8.77. The molecule has 0 saturated carbocycles. The Hall–Kier alpha value is -2.62. The number of nitrogens with one attached hydrogen (secondary N) is 2. The van der Waals surface area contributed by atoms with Crippen LogP contribution in [-0.2, 0) is 24.2 Å². The Kier molecular flexibility index (Phi) is 6.18. The van der Waals surface area contributed by atoms with Crippen molar-refractivity contribution in [3.8, 4) is 0 Å². The molecule has 1 unspecified atom stereocenters. The molecule has 0 fully saturated rings. The number of rotatable bonds is 3. The maximum Gasteiger partial charge on any atom is 0.207 e. The first-order chi connectivity index (χ1) is 13.4. The number of pyridine rings is 1. The highest BCUT2D eigenvalue weighted by atomic mass is 16.1. The van der Waals surface area contributed by atoms with E-state index in [1.54, 1.807) is 0 Å². The standard InChI is InChI=1S/C16H22N2.C8H9NO/c1-10-7-14-15(17-10)9-11-8-12(16(2,3)4)5-6-13(11)18-14;10-7-9-6-8-4-2-1-3-5-8/h7,9,12,17H,5-6,8H2,1-4H3;1-5,7H,6H2,(H,9,10). The van der Waals surface area contributed by atoms with Crippen molar-refractivity contribution in [3.05, 3.63) is 65.0 Å². The number of fused-ring (bicyclic) bond motifs is 2. The van der Waals surface area contributed by atoms with Crippen molar-refractivity contribution in [2.24, 2.45) is 11.3 Å². The van der Waals surface area contributed by atoms with E-state index in [0.29, 0.717) is 18.4 Å². The number of amides is 1. The third-order valence-corrected chi connectivity index (χ3v) is 5.56. The molecule has 4 nitrogen and oxygen atoms in total. The molecule has 2 heterocycles. The lowest BCUT2D eigenvalue weighted by Gasteiger charge is -2.34. The highest BCUT2D eigenvalue weighted by Gasteiger charge is 2.29. The first kappa shape index (κ1) is 20.1. The first-order valence-corrected chi connectivity index (χ1v) is 10.1. The lowest BCUT2D eigenvalue weighted by atomic mass is 9.71. The number of carbonyl (C=O) groups is 1. The number of H-pyrrole nitrogens is 1. The van der Waals surface area contributed by atoms with Crippen molar-refractivity contribution in [2.45, 2.75) is 53.5 Å². The monoisotopic (exact) mass is 377 g/mol. The van der Waals surface area contributed by atoms with E-state index in [0.717, 1.165) is 23.4 Å². The Morgan fingerprint density at radius 3 is 2.64 bits per heavy atom. The zero-order valence-electron chi connectivity index (χ0n) is 17.4. The lowest BCUT2D eigenvalue weighted by molar-refractivity contribution is -0.109. The zero-order valence-corrected chi connectivity index (χ0v) is 17.4. The van der Waals surface area contributed by atoms with E-state index in [-0.39, 0.29) is 0 Å². The topological polar surface area (TPSA) is 57.8 Å². The quantitative estimate of drug-likeness (QED) is 0.634. The van der Waals surface area contributed by atoms with E-state index in [1.165, 1.54) is 35.3 Å². The molecule has 0 aliphatic heterocycles. The van der Waals surface area contributed by atoms with E-state index in [1.807, 2.05) is 30.3 Å². The maximum atomic E-state index is 9.87. The molecule has 1 aromatic carbocycles. The summed E-state index contributed by atoms with van der Waals surface area (Å²) in [5, 5.41) is 2.58. The molecule has 4 rings (SSSR count). The number of carbonyl (C=O) groups excluding carboxylic acids is 1. The smallest absolute Gasteiger partial charge is 0.207 e. The average Bonchev–Trinajstić information content (AvgIpc) is 3.03. The van der Waals surface area contributed by atoms with Gasteiger partial charge in [-0.25, -0.2) is 0 Å². The fourth-order valence-corrected chi connectivity index (χ4v) is 3.84. The van der Waals surface area contributed by atoms with Gasteiger partial charge in [0.1, 0.15) is 0 Å². The summed E-state index contributed by atoms with van der Waals surface area (Å²) in [6, 6.07) is 14.2. The van der Waals surface area contributed by atoms with Crippen LogP contribution < -0.4 is 5.32 Å². The molecular formula is C24H31N3O. The van der Waals surface area contributed by atoms with Crippen LogP contribution >= 0.6 is 0 Å². The summed E-state index contributed by atoms with van der Waals surface area (Å²) in [7, 11) is 0. The summed E-state index contributed by atoms with van der Waals surface area (Å²) >= 11 is 0. The van der Waals surface area contributed by atoms with Crippen LogP contribution in [0.15, 0.2) is 42.5 Å². The van der Waals surface area contributed by atoms with Crippen LogP contribution in [0.2, 0.25) is 0 Å². The predicted octanol–water partition coefficient (Wildman–Crippen LogP) is 4.95. The van der Waals surface area contributed by atoms with Crippen LogP contribution in [0.3, 0.4) is 0 Å². The normalized spacial score (nSPS) is 16.1. The fraction of sp³-hybridized carbons (Fsp3) is 0.417. The van der Waals surface area contributed by atoms with Crippen molar-refractivity contribution < 1.29 is 4.79 Å². The Morgan fingerprint density at radius 1 is 1.21 bits per heavy atom. The van der Waals surface area contributed by atoms with Gasteiger partial charge in [0.25, 0.3) is 0 Å². The highest BCUT2D eigenvalue weighted by Crippen LogP contribution is 2.37. The van der Waals surface area contributed by atoms with Crippen LogP contribution in [-0.4, -0.2) is 16.4 Å². The van der Waals surface area contributed by atoms with Gasteiger partial charge in [-0.2, -0.15) is 0 Å². The Labute approximate surface area is 167 Å². The van der Waals surface area contributed by atoms with Crippen molar-refractivity contribution in [2.75, 3.05) is 0 Å². The van der Waals surface area contributed by atoms with Gasteiger partial charge in [-0.1, -0.05) is 51.1 Å². The van der Waals surface area contributed by atoms with Gasteiger partial charge in [0.2, 0.25) is 6.41 Å². The van der Waals surface area contributed by atoms with E-state index < -0.39 is 0 Å². The van der Waals surface area contributed by atoms with E-state index >= 15 is 0 Å². The molecule has 1 aliphatic rings. The SMILES string of the molecule is Cc1cc2nc3c(cc2[nH]1)CC(C(C)(C)C)CC3.O=CNCc1ccccc1. The Morgan fingerprint density at radius 2 is 1.96 bits per heavy atom.